The van der Waals surface area contributed by atoms with E-state index in [4.69, 9.17) is 5.73 Å². The average Bonchev–Trinajstić information content (AvgIpc) is 2.05. The Kier molecular flexibility index (Phi) is 2.43. The highest BCUT2D eigenvalue weighted by Crippen LogP contribution is 2.07. The molecule has 1 rings (SSSR count). The predicted octanol–water partition coefficient (Wildman–Crippen LogP) is 1.05. The first-order valence-electron chi connectivity index (χ1n) is 3.90. The fourth-order valence-electron chi connectivity index (χ4n) is 1.02. The first-order valence-corrected chi connectivity index (χ1v) is 3.90. The van der Waals surface area contributed by atoms with Crippen LogP contribution < -0.4 is 5.73 Å². The van der Waals surface area contributed by atoms with Crippen LogP contribution in [0.4, 0.5) is 0 Å². The van der Waals surface area contributed by atoms with E-state index in [-0.39, 0.29) is 0 Å². The Morgan fingerprint density at radius 2 is 2.33 bits per heavy atom. The maximum atomic E-state index is 10.9. The van der Waals surface area contributed by atoms with Gasteiger partial charge < -0.3 is 5.73 Å². The van der Waals surface area contributed by atoms with Crippen molar-refractivity contribution < 1.29 is 4.79 Å². The van der Waals surface area contributed by atoms with E-state index in [1.54, 1.807) is 19.2 Å². The number of aryl methyl sites for hydroxylation is 2. The van der Waals surface area contributed by atoms with Gasteiger partial charge in [-0.1, -0.05) is 6.92 Å². The fourth-order valence-corrected chi connectivity index (χ4v) is 1.02. The number of hydrogen-bond acceptors (Lipinski definition) is 2. The lowest BCUT2D eigenvalue weighted by Crippen LogP contribution is -2.13. The van der Waals surface area contributed by atoms with Crippen molar-refractivity contribution in [2.45, 2.75) is 20.3 Å². The number of carbonyl (C=O) groups is 1. The number of amides is 1. The summed E-state index contributed by atoms with van der Waals surface area (Å²) in [5.41, 5.74) is 7.41. The first kappa shape index (κ1) is 8.71. The summed E-state index contributed by atoms with van der Waals surface area (Å²) < 4.78 is 0. The summed E-state index contributed by atoms with van der Waals surface area (Å²) in [7, 11) is 0. The van der Waals surface area contributed by atoms with Crippen LogP contribution in [0.3, 0.4) is 0 Å². The molecule has 0 aliphatic rings. The normalized spacial score (nSPS) is 9.83. The molecular weight excluding hydrogens is 152 g/mol. The first-order chi connectivity index (χ1) is 5.65. The number of carbonyl (C=O) groups excluding carboxylic acids is 1. The molecule has 3 nitrogen and oxygen atoms in total. The van der Waals surface area contributed by atoms with Crippen LogP contribution in [-0.2, 0) is 6.42 Å². The molecule has 0 radical (unpaired) electrons. The molecule has 12 heavy (non-hydrogen) atoms. The summed E-state index contributed by atoms with van der Waals surface area (Å²) in [6.07, 6.45) is 2.63. The molecule has 0 atom stereocenters. The Bertz CT molecular complexity index is 307. The molecule has 0 spiro atoms. The number of hydrogen-bond donors (Lipinski definition) is 1. The Morgan fingerprint density at radius 1 is 1.67 bits per heavy atom. The van der Waals surface area contributed by atoms with E-state index in [0.29, 0.717) is 11.3 Å². The lowest BCUT2D eigenvalue weighted by Gasteiger charge is -2.02. The molecule has 3 heteroatoms. The third-order valence-electron chi connectivity index (χ3n) is 1.82. The lowest BCUT2D eigenvalue weighted by atomic mass is 10.1. The highest BCUT2D eigenvalue weighted by molar-refractivity contribution is 5.93. The average molecular weight is 164 g/mol. The van der Waals surface area contributed by atoms with Crippen molar-refractivity contribution in [3.63, 3.8) is 0 Å². The predicted molar refractivity (Wildman–Crippen MR) is 46.9 cm³/mol. The Morgan fingerprint density at radius 3 is 2.83 bits per heavy atom. The summed E-state index contributed by atoms with van der Waals surface area (Å²) in [6.45, 7) is 3.79. The van der Waals surface area contributed by atoms with Crippen LogP contribution in [-0.4, -0.2) is 10.9 Å². The van der Waals surface area contributed by atoms with Gasteiger partial charge in [0.1, 0.15) is 0 Å². The van der Waals surface area contributed by atoms with Crippen molar-refractivity contribution in [1.82, 2.24) is 4.98 Å². The van der Waals surface area contributed by atoms with E-state index < -0.39 is 5.91 Å². The molecule has 0 unspecified atom stereocenters. The summed E-state index contributed by atoms with van der Waals surface area (Å²) in [6, 6.07) is 1.80. The quantitative estimate of drug-likeness (QED) is 0.710. The summed E-state index contributed by atoms with van der Waals surface area (Å²) in [4.78, 5) is 14.9. The van der Waals surface area contributed by atoms with Crippen LogP contribution in [0, 0.1) is 6.92 Å². The lowest BCUT2D eigenvalue weighted by molar-refractivity contribution is 0.0999. The molecule has 0 saturated heterocycles. The number of pyridine rings is 1. The van der Waals surface area contributed by atoms with E-state index in [0.717, 1.165) is 12.0 Å². The second-order valence-electron chi connectivity index (χ2n) is 2.69. The minimum Gasteiger partial charge on any atom is -0.366 e. The molecule has 1 aromatic rings. The molecule has 2 N–H and O–H groups in total. The largest absolute Gasteiger partial charge is 0.366 e. The number of primary amides is 1. The zero-order valence-electron chi connectivity index (χ0n) is 7.29. The van der Waals surface area contributed by atoms with E-state index >= 15 is 0 Å². The van der Waals surface area contributed by atoms with E-state index in [2.05, 4.69) is 4.98 Å². The second-order valence-corrected chi connectivity index (χ2v) is 2.69. The van der Waals surface area contributed by atoms with Crippen LogP contribution in [0.1, 0.15) is 28.5 Å². The minimum atomic E-state index is -0.407. The van der Waals surface area contributed by atoms with Gasteiger partial charge in [-0.15, -0.1) is 0 Å². The zero-order valence-corrected chi connectivity index (χ0v) is 7.29. The highest BCUT2D eigenvalue weighted by atomic mass is 16.1. The number of nitrogens with two attached hydrogens (primary N) is 1. The molecule has 0 aromatic carbocycles. The van der Waals surface area contributed by atoms with E-state index in [1.165, 1.54) is 0 Å². The molecule has 0 aliphatic heterocycles. The third kappa shape index (κ3) is 1.61. The molecule has 0 aliphatic carbocycles. The monoisotopic (exact) mass is 164 g/mol. The smallest absolute Gasteiger partial charge is 0.250 e. The van der Waals surface area contributed by atoms with Gasteiger partial charge in [-0.2, -0.15) is 0 Å². The van der Waals surface area contributed by atoms with Crippen molar-refractivity contribution in [3.05, 3.63) is 29.1 Å². The van der Waals surface area contributed by atoms with E-state index in [1.807, 2.05) is 6.92 Å². The maximum absolute atomic E-state index is 10.9. The molecule has 1 amide bonds. The molecule has 1 heterocycles. The number of nitrogens with zero attached hydrogens (tertiary/aromatic N) is 1. The summed E-state index contributed by atoms with van der Waals surface area (Å²) >= 11 is 0. The van der Waals surface area contributed by atoms with Crippen molar-refractivity contribution >= 4 is 5.91 Å². The molecule has 0 fully saturated rings. The topological polar surface area (TPSA) is 56.0 Å². The van der Waals surface area contributed by atoms with Gasteiger partial charge in [0, 0.05) is 11.9 Å². The molecule has 64 valence electrons. The van der Waals surface area contributed by atoms with Crippen LogP contribution in [0.15, 0.2) is 12.3 Å². The fraction of sp³-hybridized carbons (Fsp3) is 0.333. The Labute approximate surface area is 71.6 Å². The molecular formula is C9H12N2O. The van der Waals surface area contributed by atoms with Crippen molar-refractivity contribution in [3.8, 4) is 0 Å². The number of aromatic nitrogens is 1. The van der Waals surface area contributed by atoms with Gasteiger partial charge in [-0.05, 0) is 25.0 Å². The van der Waals surface area contributed by atoms with Crippen LogP contribution >= 0.6 is 0 Å². The van der Waals surface area contributed by atoms with Crippen molar-refractivity contribution in [2.24, 2.45) is 5.73 Å². The zero-order chi connectivity index (χ0) is 9.14. The minimum absolute atomic E-state index is 0.407. The van der Waals surface area contributed by atoms with Gasteiger partial charge >= 0.3 is 0 Å². The van der Waals surface area contributed by atoms with Gasteiger partial charge in [0.2, 0.25) is 0 Å². The Balaban J connectivity index is 3.17. The van der Waals surface area contributed by atoms with Gasteiger partial charge in [0.15, 0.2) is 0 Å². The van der Waals surface area contributed by atoms with Crippen LogP contribution in [0.5, 0.6) is 0 Å². The van der Waals surface area contributed by atoms with Gasteiger partial charge in [-0.3, -0.25) is 9.78 Å². The van der Waals surface area contributed by atoms with E-state index in [9.17, 15) is 4.79 Å². The summed E-state index contributed by atoms with van der Waals surface area (Å²) in [5, 5.41) is 0. The van der Waals surface area contributed by atoms with Crippen LogP contribution in [0.2, 0.25) is 0 Å². The van der Waals surface area contributed by atoms with Gasteiger partial charge in [-0.25, -0.2) is 0 Å². The van der Waals surface area contributed by atoms with Gasteiger partial charge in [0.25, 0.3) is 5.91 Å². The Hall–Kier alpha value is -1.38. The summed E-state index contributed by atoms with van der Waals surface area (Å²) in [5.74, 6) is -0.407. The van der Waals surface area contributed by atoms with Crippen molar-refractivity contribution in [2.75, 3.05) is 0 Å². The van der Waals surface area contributed by atoms with Gasteiger partial charge in [0.05, 0.1) is 5.56 Å². The molecule has 0 saturated carbocycles. The molecule has 0 bridgehead atoms. The SMILES string of the molecule is CCc1cnc(C)c(C(N)=O)c1. The highest BCUT2D eigenvalue weighted by Gasteiger charge is 2.05. The van der Waals surface area contributed by atoms with Crippen LogP contribution in [0.25, 0.3) is 0 Å². The molecule has 1 aromatic heterocycles. The second kappa shape index (κ2) is 3.34. The third-order valence-corrected chi connectivity index (χ3v) is 1.82. The maximum Gasteiger partial charge on any atom is 0.250 e. The number of rotatable bonds is 2. The van der Waals surface area contributed by atoms with Crippen molar-refractivity contribution in [1.29, 1.82) is 0 Å². The standard InChI is InChI=1S/C9H12N2O/c1-3-7-4-8(9(10)12)6(2)11-5-7/h4-5H,3H2,1-2H3,(H2,10,12).